The van der Waals surface area contributed by atoms with Crippen LogP contribution in [0.15, 0.2) is 33.9 Å². The van der Waals surface area contributed by atoms with Crippen molar-refractivity contribution in [2.75, 3.05) is 12.3 Å². The molecule has 9 heteroatoms. The number of nitro benzene ring substituents is 1. The van der Waals surface area contributed by atoms with E-state index in [-0.39, 0.29) is 23.2 Å². The smallest absolute Gasteiger partial charge is 0.277 e. The number of rotatable bonds is 5. The summed E-state index contributed by atoms with van der Waals surface area (Å²) in [5.74, 6) is 1.25. The maximum atomic E-state index is 12.8. The van der Waals surface area contributed by atoms with Crippen LogP contribution >= 0.6 is 11.8 Å². The zero-order valence-electron chi connectivity index (χ0n) is 15.5. The number of likely N-dealkylation sites (tertiary alicyclic amines) is 1. The van der Waals surface area contributed by atoms with E-state index in [4.69, 9.17) is 4.42 Å². The van der Waals surface area contributed by atoms with E-state index in [0.29, 0.717) is 22.7 Å². The number of carbonyl (C=O) groups is 1. The highest BCUT2D eigenvalue weighted by Gasteiger charge is 2.35. The van der Waals surface area contributed by atoms with Gasteiger partial charge in [-0.2, -0.15) is 0 Å². The number of hydrogen-bond acceptors (Lipinski definition) is 7. The molecular formula is C19H22N4O4S. The maximum absolute atomic E-state index is 12.8. The summed E-state index contributed by atoms with van der Waals surface area (Å²) in [7, 11) is 0. The van der Waals surface area contributed by atoms with Crippen molar-refractivity contribution in [3.05, 3.63) is 34.4 Å². The molecule has 1 aliphatic heterocycles. The van der Waals surface area contributed by atoms with Crippen LogP contribution in [-0.2, 0) is 4.79 Å². The van der Waals surface area contributed by atoms with Crippen LogP contribution in [-0.4, -0.2) is 44.3 Å². The van der Waals surface area contributed by atoms with Gasteiger partial charge in [0.05, 0.1) is 10.7 Å². The minimum absolute atomic E-state index is 0.0350. The van der Waals surface area contributed by atoms with Crippen LogP contribution in [0, 0.1) is 16.0 Å². The molecule has 1 saturated heterocycles. The van der Waals surface area contributed by atoms with Crippen molar-refractivity contribution in [1.29, 1.82) is 0 Å². The molecule has 28 heavy (non-hydrogen) atoms. The van der Waals surface area contributed by atoms with Crippen molar-refractivity contribution >= 4 is 23.4 Å². The lowest BCUT2D eigenvalue weighted by atomic mass is 9.78. The molecule has 8 nitrogen and oxygen atoms in total. The van der Waals surface area contributed by atoms with Crippen molar-refractivity contribution in [3.63, 3.8) is 0 Å². The lowest BCUT2D eigenvalue weighted by Gasteiger charge is -2.44. The molecule has 1 saturated carbocycles. The van der Waals surface area contributed by atoms with Crippen LogP contribution < -0.4 is 0 Å². The molecule has 1 aromatic carbocycles. The van der Waals surface area contributed by atoms with Gasteiger partial charge in [-0.3, -0.25) is 14.9 Å². The fourth-order valence-corrected chi connectivity index (χ4v) is 4.93. The highest BCUT2D eigenvalue weighted by molar-refractivity contribution is 7.99. The number of non-ortho nitro benzene ring substituents is 1. The highest BCUT2D eigenvalue weighted by Crippen LogP contribution is 2.36. The molecule has 2 fully saturated rings. The maximum Gasteiger partial charge on any atom is 0.277 e. The molecule has 0 N–H and O–H groups in total. The van der Waals surface area contributed by atoms with Crippen LogP contribution in [0.5, 0.6) is 0 Å². The number of amides is 1. The van der Waals surface area contributed by atoms with Crippen molar-refractivity contribution in [2.45, 2.75) is 49.8 Å². The van der Waals surface area contributed by atoms with Gasteiger partial charge in [-0.15, -0.1) is 10.2 Å². The monoisotopic (exact) mass is 402 g/mol. The Hall–Kier alpha value is -2.42. The molecule has 1 amide bonds. The Balaban J connectivity index is 1.38. The molecule has 0 radical (unpaired) electrons. The second-order valence-corrected chi connectivity index (χ2v) is 8.24. The van der Waals surface area contributed by atoms with Gasteiger partial charge in [0.2, 0.25) is 11.8 Å². The Labute approximate surface area is 166 Å². The third-order valence-corrected chi connectivity index (χ3v) is 6.40. The molecule has 2 heterocycles. The van der Waals surface area contributed by atoms with E-state index in [2.05, 4.69) is 15.1 Å². The number of carbonyl (C=O) groups excluding carboxylic acids is 1. The van der Waals surface area contributed by atoms with E-state index in [0.717, 1.165) is 19.4 Å². The fraction of sp³-hybridized carbons (Fsp3) is 0.526. The summed E-state index contributed by atoms with van der Waals surface area (Å²) in [5, 5.41) is 19.1. The zero-order chi connectivity index (χ0) is 19.5. The highest BCUT2D eigenvalue weighted by atomic mass is 32.2. The Kier molecular flexibility index (Phi) is 5.61. The summed E-state index contributed by atoms with van der Waals surface area (Å²) in [4.78, 5) is 25.3. The van der Waals surface area contributed by atoms with Crippen molar-refractivity contribution < 1.29 is 14.1 Å². The molecule has 4 rings (SSSR count). The van der Waals surface area contributed by atoms with E-state index in [9.17, 15) is 14.9 Å². The first kappa shape index (κ1) is 18.9. The van der Waals surface area contributed by atoms with Gasteiger partial charge in [0, 0.05) is 30.3 Å². The van der Waals surface area contributed by atoms with Crippen LogP contribution in [0.1, 0.15) is 38.5 Å². The minimum atomic E-state index is -0.467. The standard InChI is InChI=1S/C19H22N4O4S/c24-17(22-10-4-7-13-5-1-2-9-16(13)22)12-28-19-21-20-18(27-19)14-6-3-8-15(11-14)23(25)26/h3,6,8,11,13,16H,1-2,4-5,7,9-10,12H2/t13-,16-/m1/s1. The van der Waals surface area contributed by atoms with E-state index in [1.165, 1.54) is 49.6 Å². The average Bonchev–Trinajstić information content (AvgIpc) is 3.21. The fourth-order valence-electron chi connectivity index (χ4n) is 4.28. The van der Waals surface area contributed by atoms with Gasteiger partial charge in [0.25, 0.3) is 10.9 Å². The summed E-state index contributed by atoms with van der Waals surface area (Å²) in [6.07, 6.45) is 7.14. The van der Waals surface area contributed by atoms with Gasteiger partial charge in [-0.1, -0.05) is 30.7 Å². The molecule has 2 aliphatic rings. The van der Waals surface area contributed by atoms with Crippen LogP contribution in [0.3, 0.4) is 0 Å². The second kappa shape index (κ2) is 8.30. The van der Waals surface area contributed by atoms with Crippen molar-refractivity contribution in [2.24, 2.45) is 5.92 Å². The topological polar surface area (TPSA) is 102 Å². The molecule has 148 valence electrons. The second-order valence-electron chi connectivity index (χ2n) is 7.31. The number of nitro groups is 1. The summed E-state index contributed by atoms with van der Waals surface area (Å²) in [6, 6.07) is 6.44. The van der Waals surface area contributed by atoms with Gasteiger partial charge in [-0.05, 0) is 37.7 Å². The third-order valence-electron chi connectivity index (χ3n) is 5.59. The lowest BCUT2D eigenvalue weighted by Crippen LogP contribution is -2.50. The molecular weight excluding hydrogens is 380 g/mol. The van der Waals surface area contributed by atoms with Gasteiger partial charge in [0.1, 0.15) is 0 Å². The predicted molar refractivity (Wildman–Crippen MR) is 104 cm³/mol. The van der Waals surface area contributed by atoms with Gasteiger partial charge in [-0.25, -0.2) is 0 Å². The van der Waals surface area contributed by atoms with Gasteiger partial charge in [0.15, 0.2) is 0 Å². The Morgan fingerprint density at radius 2 is 2.07 bits per heavy atom. The number of fused-ring (bicyclic) bond motifs is 1. The summed E-state index contributed by atoms with van der Waals surface area (Å²) >= 11 is 1.22. The van der Waals surface area contributed by atoms with E-state index < -0.39 is 4.92 Å². The summed E-state index contributed by atoms with van der Waals surface area (Å²) < 4.78 is 5.60. The van der Waals surface area contributed by atoms with Crippen LogP contribution in [0.25, 0.3) is 11.5 Å². The Bertz CT molecular complexity index is 869. The zero-order valence-corrected chi connectivity index (χ0v) is 16.3. The van der Waals surface area contributed by atoms with Crippen molar-refractivity contribution in [1.82, 2.24) is 15.1 Å². The van der Waals surface area contributed by atoms with Gasteiger partial charge < -0.3 is 9.32 Å². The average molecular weight is 402 g/mol. The molecule has 0 unspecified atom stereocenters. The molecule has 2 atom stereocenters. The van der Waals surface area contributed by atoms with Crippen LogP contribution in [0.2, 0.25) is 0 Å². The molecule has 0 spiro atoms. The van der Waals surface area contributed by atoms with E-state index in [1.54, 1.807) is 12.1 Å². The largest absolute Gasteiger partial charge is 0.411 e. The molecule has 1 aliphatic carbocycles. The minimum Gasteiger partial charge on any atom is -0.411 e. The number of aromatic nitrogens is 2. The quantitative estimate of drug-likeness (QED) is 0.424. The number of nitrogens with zero attached hydrogens (tertiary/aromatic N) is 4. The number of piperidine rings is 1. The Morgan fingerprint density at radius 1 is 1.25 bits per heavy atom. The number of hydrogen-bond donors (Lipinski definition) is 0. The molecule has 0 bridgehead atoms. The lowest BCUT2D eigenvalue weighted by molar-refractivity contribution is -0.384. The number of thioether (sulfide) groups is 1. The first-order chi connectivity index (χ1) is 13.6. The summed E-state index contributed by atoms with van der Waals surface area (Å²) in [5.41, 5.74) is 0.452. The normalized spacial score (nSPS) is 21.9. The summed E-state index contributed by atoms with van der Waals surface area (Å²) in [6.45, 7) is 0.837. The van der Waals surface area contributed by atoms with Crippen LogP contribution in [0.4, 0.5) is 5.69 Å². The predicted octanol–water partition coefficient (Wildman–Crippen LogP) is 3.92. The van der Waals surface area contributed by atoms with Gasteiger partial charge >= 0.3 is 0 Å². The number of benzene rings is 1. The first-order valence-electron chi connectivity index (χ1n) is 9.62. The van der Waals surface area contributed by atoms with E-state index >= 15 is 0 Å². The SMILES string of the molecule is O=C(CSc1nnc(-c2cccc([N+](=O)[O-])c2)o1)N1CCC[C@H]2CCCC[C@H]21. The first-order valence-corrected chi connectivity index (χ1v) is 10.6. The Morgan fingerprint density at radius 3 is 2.93 bits per heavy atom. The molecule has 1 aromatic heterocycles. The van der Waals surface area contributed by atoms with Crippen molar-refractivity contribution in [3.8, 4) is 11.5 Å². The third kappa shape index (κ3) is 4.04. The van der Waals surface area contributed by atoms with E-state index in [1.807, 2.05) is 0 Å². The molecule has 2 aromatic rings.